The van der Waals surface area contributed by atoms with Crippen LogP contribution in [-0.4, -0.2) is 21.8 Å². The molecule has 0 saturated heterocycles. The number of anilines is 1. The molecule has 90 valence electrons. The van der Waals surface area contributed by atoms with E-state index in [1.807, 2.05) is 12.4 Å². The molecule has 4 heteroatoms. The second-order valence-electron chi connectivity index (χ2n) is 4.12. The number of nitrogens with zero attached hydrogens (tertiary/aromatic N) is 2. The van der Waals surface area contributed by atoms with Gasteiger partial charge in [0, 0.05) is 29.0 Å². The maximum absolute atomic E-state index is 4.33. The van der Waals surface area contributed by atoms with Gasteiger partial charge in [0.1, 0.15) is 0 Å². The molecule has 0 atom stereocenters. The molecule has 0 unspecified atom stereocenters. The Morgan fingerprint density at radius 3 is 2.88 bits per heavy atom. The van der Waals surface area contributed by atoms with Crippen LogP contribution in [0.3, 0.4) is 0 Å². The first-order valence-electron chi connectivity index (χ1n) is 5.65. The van der Waals surface area contributed by atoms with Crippen LogP contribution in [-0.2, 0) is 0 Å². The number of nitrogens with one attached hydrogen (secondary N) is 1. The van der Waals surface area contributed by atoms with Crippen LogP contribution in [0.4, 0.5) is 5.95 Å². The molecule has 1 aromatic carbocycles. The third kappa shape index (κ3) is 2.82. The lowest BCUT2D eigenvalue weighted by Gasteiger charge is -2.12. The lowest BCUT2D eigenvalue weighted by molar-refractivity contribution is 0.863. The molecule has 0 aliphatic carbocycles. The number of hydrogen-bond acceptors (Lipinski definition) is 3. The summed E-state index contributed by atoms with van der Waals surface area (Å²) in [5, 5.41) is 3.33. The van der Waals surface area contributed by atoms with Crippen LogP contribution in [0.15, 0.2) is 41.6 Å². The van der Waals surface area contributed by atoms with Crippen LogP contribution in [0.25, 0.3) is 5.69 Å². The largest absolute Gasteiger partial charge is 0.353 e. The molecule has 0 amide bonds. The van der Waals surface area contributed by atoms with Gasteiger partial charge in [-0.05, 0) is 38.3 Å². The molecule has 0 radical (unpaired) electrons. The molecule has 17 heavy (non-hydrogen) atoms. The number of imidazole rings is 1. The Labute approximate surface area is 106 Å². The maximum atomic E-state index is 4.33. The molecule has 0 fully saturated rings. The minimum Gasteiger partial charge on any atom is -0.353 e. The zero-order chi connectivity index (χ0) is 12.3. The van der Waals surface area contributed by atoms with Gasteiger partial charge in [0.05, 0.1) is 0 Å². The second kappa shape index (κ2) is 5.27. The Morgan fingerprint density at radius 1 is 1.35 bits per heavy atom. The summed E-state index contributed by atoms with van der Waals surface area (Å²) in [7, 11) is 0. The summed E-state index contributed by atoms with van der Waals surface area (Å²) in [4.78, 5) is 5.59. The van der Waals surface area contributed by atoms with Crippen molar-refractivity contribution in [3.8, 4) is 5.69 Å². The van der Waals surface area contributed by atoms with Gasteiger partial charge in [-0.25, -0.2) is 4.98 Å². The smallest absolute Gasteiger partial charge is 0.207 e. The Kier molecular flexibility index (Phi) is 3.74. The van der Waals surface area contributed by atoms with Crippen molar-refractivity contribution in [1.29, 1.82) is 0 Å². The van der Waals surface area contributed by atoms with Crippen molar-refractivity contribution in [2.75, 3.05) is 11.6 Å². The van der Waals surface area contributed by atoms with Crippen molar-refractivity contribution in [3.05, 3.63) is 36.7 Å². The van der Waals surface area contributed by atoms with Gasteiger partial charge >= 0.3 is 0 Å². The number of rotatable bonds is 4. The van der Waals surface area contributed by atoms with Gasteiger partial charge in [0.25, 0.3) is 0 Å². The highest BCUT2D eigenvalue weighted by atomic mass is 32.2. The van der Waals surface area contributed by atoms with E-state index >= 15 is 0 Å². The number of hydrogen-bond donors (Lipinski definition) is 1. The molecule has 0 aliphatic heterocycles. The van der Waals surface area contributed by atoms with E-state index in [1.54, 1.807) is 11.8 Å². The van der Waals surface area contributed by atoms with Crippen LogP contribution < -0.4 is 5.32 Å². The van der Waals surface area contributed by atoms with Gasteiger partial charge in [-0.3, -0.25) is 4.57 Å². The second-order valence-corrected chi connectivity index (χ2v) is 5.00. The average Bonchev–Trinajstić information content (AvgIpc) is 2.76. The molecule has 3 nitrogen and oxygen atoms in total. The minimum atomic E-state index is 0.375. The maximum Gasteiger partial charge on any atom is 0.207 e. The van der Waals surface area contributed by atoms with Crippen LogP contribution in [0, 0.1) is 0 Å². The van der Waals surface area contributed by atoms with Crippen LogP contribution in [0.1, 0.15) is 13.8 Å². The van der Waals surface area contributed by atoms with Gasteiger partial charge in [0.15, 0.2) is 0 Å². The van der Waals surface area contributed by atoms with Crippen LogP contribution in [0.2, 0.25) is 0 Å². The fraction of sp³-hybridized carbons (Fsp3) is 0.308. The van der Waals surface area contributed by atoms with E-state index in [2.05, 4.69) is 59.2 Å². The average molecular weight is 247 g/mol. The first kappa shape index (κ1) is 12.0. The predicted molar refractivity (Wildman–Crippen MR) is 74.1 cm³/mol. The Bertz CT molecular complexity index is 491. The van der Waals surface area contributed by atoms with Gasteiger partial charge < -0.3 is 5.32 Å². The topological polar surface area (TPSA) is 29.9 Å². The molecule has 1 heterocycles. The first-order chi connectivity index (χ1) is 8.20. The van der Waals surface area contributed by atoms with E-state index in [0.717, 1.165) is 11.6 Å². The highest BCUT2D eigenvalue weighted by Crippen LogP contribution is 2.21. The quantitative estimate of drug-likeness (QED) is 0.840. The van der Waals surface area contributed by atoms with Crippen molar-refractivity contribution in [3.63, 3.8) is 0 Å². The molecular weight excluding hydrogens is 230 g/mol. The van der Waals surface area contributed by atoms with E-state index in [4.69, 9.17) is 0 Å². The zero-order valence-electron chi connectivity index (χ0n) is 10.3. The summed E-state index contributed by atoms with van der Waals surface area (Å²) in [5.74, 6) is 0.887. The summed E-state index contributed by atoms with van der Waals surface area (Å²) >= 11 is 1.75. The van der Waals surface area contributed by atoms with E-state index < -0.39 is 0 Å². The standard InChI is InChI=1S/C13H17N3S/c1-10(2)15-13-14-7-8-16(13)11-5-4-6-12(9-11)17-3/h4-10H,1-3H3,(H,14,15). The zero-order valence-corrected chi connectivity index (χ0v) is 11.2. The molecular formula is C13H17N3S. The highest BCUT2D eigenvalue weighted by Gasteiger charge is 2.06. The molecule has 2 rings (SSSR count). The van der Waals surface area contributed by atoms with E-state index in [1.165, 1.54) is 4.90 Å². The normalized spacial score (nSPS) is 10.8. The van der Waals surface area contributed by atoms with Crippen molar-refractivity contribution in [2.24, 2.45) is 0 Å². The Morgan fingerprint density at radius 2 is 2.18 bits per heavy atom. The Balaban J connectivity index is 2.35. The van der Waals surface area contributed by atoms with Gasteiger partial charge in [-0.15, -0.1) is 11.8 Å². The molecule has 1 aromatic heterocycles. The number of benzene rings is 1. The van der Waals surface area contributed by atoms with E-state index in [-0.39, 0.29) is 0 Å². The van der Waals surface area contributed by atoms with Crippen molar-refractivity contribution in [2.45, 2.75) is 24.8 Å². The van der Waals surface area contributed by atoms with Gasteiger partial charge in [-0.2, -0.15) is 0 Å². The fourth-order valence-corrected chi connectivity index (χ4v) is 2.09. The third-order valence-corrected chi connectivity index (χ3v) is 3.12. The predicted octanol–water partition coefficient (Wildman–Crippen LogP) is 3.41. The first-order valence-corrected chi connectivity index (χ1v) is 6.87. The summed E-state index contributed by atoms with van der Waals surface area (Å²) < 4.78 is 2.07. The van der Waals surface area contributed by atoms with Crippen LogP contribution in [0.5, 0.6) is 0 Å². The lowest BCUT2D eigenvalue weighted by Crippen LogP contribution is -2.13. The monoisotopic (exact) mass is 247 g/mol. The number of aromatic nitrogens is 2. The summed E-state index contributed by atoms with van der Waals surface area (Å²) in [6.07, 6.45) is 5.88. The lowest BCUT2D eigenvalue weighted by atomic mass is 10.3. The van der Waals surface area contributed by atoms with Crippen molar-refractivity contribution < 1.29 is 0 Å². The van der Waals surface area contributed by atoms with Gasteiger partial charge in [-0.1, -0.05) is 6.07 Å². The Hall–Kier alpha value is -1.42. The molecule has 1 N–H and O–H groups in total. The summed E-state index contributed by atoms with van der Waals surface area (Å²) in [5.41, 5.74) is 1.14. The van der Waals surface area contributed by atoms with Crippen molar-refractivity contribution >= 4 is 17.7 Å². The SMILES string of the molecule is CSc1cccc(-n2ccnc2NC(C)C)c1. The molecule has 0 saturated carbocycles. The van der Waals surface area contributed by atoms with Crippen molar-refractivity contribution in [1.82, 2.24) is 9.55 Å². The molecule has 0 spiro atoms. The third-order valence-electron chi connectivity index (χ3n) is 2.39. The molecule has 0 aliphatic rings. The van der Waals surface area contributed by atoms with Gasteiger partial charge in [0.2, 0.25) is 5.95 Å². The summed E-state index contributed by atoms with van der Waals surface area (Å²) in [6.45, 7) is 4.22. The number of thioether (sulfide) groups is 1. The summed E-state index contributed by atoms with van der Waals surface area (Å²) in [6, 6.07) is 8.81. The molecule has 2 aromatic rings. The highest BCUT2D eigenvalue weighted by molar-refractivity contribution is 7.98. The fourth-order valence-electron chi connectivity index (χ4n) is 1.64. The van der Waals surface area contributed by atoms with Crippen LogP contribution >= 0.6 is 11.8 Å². The molecule has 0 bridgehead atoms. The van der Waals surface area contributed by atoms with E-state index in [9.17, 15) is 0 Å². The van der Waals surface area contributed by atoms with E-state index in [0.29, 0.717) is 6.04 Å². The minimum absolute atomic E-state index is 0.375.